The van der Waals surface area contributed by atoms with Crippen molar-refractivity contribution in [3.8, 4) is 5.75 Å². The minimum Gasteiger partial charge on any atom is -0.494 e. The highest BCUT2D eigenvalue weighted by Gasteiger charge is 1.92. The number of hydrogen-bond acceptors (Lipinski definition) is 1. The lowest BCUT2D eigenvalue weighted by Crippen LogP contribution is -1.96. The van der Waals surface area contributed by atoms with E-state index in [9.17, 15) is 0 Å². The molecule has 0 fully saturated rings. The molecule has 2 heteroatoms. The molecule has 0 aromatic heterocycles. The molecule has 0 amide bonds. The second-order valence-corrected chi connectivity index (χ2v) is 3.91. The molecule has 0 aliphatic carbocycles. The van der Waals surface area contributed by atoms with Crippen LogP contribution in [0.15, 0.2) is 24.3 Å². The quantitative estimate of drug-likeness (QED) is 0.604. The van der Waals surface area contributed by atoms with Crippen molar-refractivity contribution in [2.45, 2.75) is 19.8 Å². The standard InChI is InChI=1S/C10H13IO/c1-2-3-7-12-10-6-4-5-9(11)8-10/h4-6,8H,2-3,7H2,1H3. The smallest absolute Gasteiger partial charge is 0.120 e. The van der Waals surface area contributed by atoms with Crippen LogP contribution in [0.3, 0.4) is 0 Å². The summed E-state index contributed by atoms with van der Waals surface area (Å²) in [4.78, 5) is 0. The fraction of sp³-hybridized carbons (Fsp3) is 0.400. The van der Waals surface area contributed by atoms with Crippen molar-refractivity contribution in [1.82, 2.24) is 0 Å². The number of hydrogen-bond donors (Lipinski definition) is 0. The molecule has 66 valence electrons. The zero-order valence-corrected chi connectivity index (χ0v) is 9.37. The first-order chi connectivity index (χ1) is 5.83. The Hall–Kier alpha value is -0.250. The van der Waals surface area contributed by atoms with Crippen LogP contribution in [0.2, 0.25) is 0 Å². The van der Waals surface area contributed by atoms with Crippen molar-refractivity contribution in [3.05, 3.63) is 27.8 Å². The van der Waals surface area contributed by atoms with Crippen LogP contribution >= 0.6 is 22.6 Å². The number of halogens is 1. The van der Waals surface area contributed by atoms with Crippen molar-refractivity contribution >= 4 is 22.6 Å². The van der Waals surface area contributed by atoms with Crippen molar-refractivity contribution in [3.63, 3.8) is 0 Å². The molecule has 1 nitrogen and oxygen atoms in total. The largest absolute Gasteiger partial charge is 0.494 e. The topological polar surface area (TPSA) is 9.23 Å². The van der Waals surface area contributed by atoms with Crippen LogP contribution in [0.1, 0.15) is 19.8 Å². The van der Waals surface area contributed by atoms with Crippen LogP contribution in [0.25, 0.3) is 0 Å². The van der Waals surface area contributed by atoms with Gasteiger partial charge in [0.1, 0.15) is 5.75 Å². The van der Waals surface area contributed by atoms with Crippen molar-refractivity contribution in [2.75, 3.05) is 6.61 Å². The molecule has 0 saturated heterocycles. The van der Waals surface area contributed by atoms with Crippen LogP contribution in [0.5, 0.6) is 5.75 Å². The summed E-state index contributed by atoms with van der Waals surface area (Å²) in [7, 11) is 0. The van der Waals surface area contributed by atoms with Gasteiger partial charge in [0.15, 0.2) is 0 Å². The Bertz CT molecular complexity index is 235. The molecule has 0 N–H and O–H groups in total. The van der Waals surface area contributed by atoms with Crippen molar-refractivity contribution in [2.24, 2.45) is 0 Å². The highest BCUT2D eigenvalue weighted by molar-refractivity contribution is 14.1. The SMILES string of the molecule is CCCCOc1cccc(I)c1. The van der Waals surface area contributed by atoms with E-state index in [0.29, 0.717) is 0 Å². The average Bonchev–Trinajstić information content (AvgIpc) is 2.05. The van der Waals surface area contributed by atoms with Gasteiger partial charge >= 0.3 is 0 Å². The maximum Gasteiger partial charge on any atom is 0.120 e. The summed E-state index contributed by atoms with van der Waals surface area (Å²) in [6, 6.07) is 8.13. The van der Waals surface area contributed by atoms with Gasteiger partial charge in [-0.3, -0.25) is 0 Å². The van der Waals surface area contributed by atoms with Crippen molar-refractivity contribution in [1.29, 1.82) is 0 Å². The molecule has 1 aromatic rings. The molecule has 0 aliphatic rings. The molecule has 0 heterocycles. The van der Waals surface area contributed by atoms with Crippen LogP contribution < -0.4 is 4.74 Å². The minimum atomic E-state index is 0.830. The summed E-state index contributed by atoms with van der Waals surface area (Å²) in [6.07, 6.45) is 2.31. The summed E-state index contributed by atoms with van der Waals surface area (Å²) in [5, 5.41) is 0. The summed E-state index contributed by atoms with van der Waals surface area (Å²) < 4.78 is 6.75. The predicted octanol–water partition coefficient (Wildman–Crippen LogP) is 3.47. The molecule has 0 spiro atoms. The lowest BCUT2D eigenvalue weighted by atomic mass is 10.3. The van der Waals surface area contributed by atoms with Crippen LogP contribution in [0, 0.1) is 3.57 Å². The number of rotatable bonds is 4. The third-order valence-electron chi connectivity index (χ3n) is 1.56. The van der Waals surface area contributed by atoms with E-state index in [1.165, 1.54) is 9.99 Å². The fourth-order valence-corrected chi connectivity index (χ4v) is 1.41. The Labute approximate surface area is 87.3 Å². The van der Waals surface area contributed by atoms with Gasteiger partial charge < -0.3 is 4.74 Å². The zero-order chi connectivity index (χ0) is 8.81. The van der Waals surface area contributed by atoms with E-state index < -0.39 is 0 Å². The van der Waals surface area contributed by atoms with E-state index >= 15 is 0 Å². The van der Waals surface area contributed by atoms with Gasteiger partial charge in [-0.15, -0.1) is 0 Å². The van der Waals surface area contributed by atoms with Gasteiger partial charge in [-0.05, 0) is 47.2 Å². The first kappa shape index (κ1) is 9.84. The van der Waals surface area contributed by atoms with E-state index in [0.717, 1.165) is 18.8 Å². The summed E-state index contributed by atoms with van der Waals surface area (Å²) in [5.74, 6) is 0.982. The van der Waals surface area contributed by atoms with E-state index in [1.54, 1.807) is 0 Å². The molecule has 1 rings (SSSR count). The van der Waals surface area contributed by atoms with E-state index in [1.807, 2.05) is 12.1 Å². The van der Waals surface area contributed by atoms with Gasteiger partial charge in [0.25, 0.3) is 0 Å². The second kappa shape index (κ2) is 5.41. The van der Waals surface area contributed by atoms with Gasteiger partial charge in [-0.2, -0.15) is 0 Å². The van der Waals surface area contributed by atoms with Gasteiger partial charge in [-0.1, -0.05) is 19.4 Å². The maximum absolute atomic E-state index is 5.52. The highest BCUT2D eigenvalue weighted by atomic mass is 127. The molecule has 0 atom stereocenters. The normalized spacial score (nSPS) is 9.83. The molecular weight excluding hydrogens is 263 g/mol. The molecule has 12 heavy (non-hydrogen) atoms. The fourth-order valence-electron chi connectivity index (χ4n) is 0.891. The van der Waals surface area contributed by atoms with Crippen LogP contribution in [-0.4, -0.2) is 6.61 Å². The van der Waals surface area contributed by atoms with Gasteiger partial charge in [0.05, 0.1) is 6.61 Å². The Kier molecular flexibility index (Phi) is 4.43. The lowest BCUT2D eigenvalue weighted by molar-refractivity contribution is 0.309. The summed E-state index contributed by atoms with van der Waals surface area (Å²) in [6.45, 7) is 2.99. The molecule has 1 aromatic carbocycles. The molecule has 0 unspecified atom stereocenters. The number of benzene rings is 1. The zero-order valence-electron chi connectivity index (χ0n) is 7.22. The van der Waals surface area contributed by atoms with Gasteiger partial charge in [0, 0.05) is 3.57 Å². The van der Waals surface area contributed by atoms with E-state index in [2.05, 4.69) is 41.6 Å². The maximum atomic E-state index is 5.52. The molecule has 0 radical (unpaired) electrons. The molecule has 0 saturated carbocycles. The van der Waals surface area contributed by atoms with Crippen molar-refractivity contribution < 1.29 is 4.74 Å². The first-order valence-electron chi connectivity index (χ1n) is 4.21. The van der Waals surface area contributed by atoms with Gasteiger partial charge in [0.2, 0.25) is 0 Å². The lowest BCUT2D eigenvalue weighted by Gasteiger charge is -2.04. The molecule has 0 aliphatic heterocycles. The Morgan fingerprint density at radius 3 is 2.92 bits per heavy atom. The van der Waals surface area contributed by atoms with Gasteiger partial charge in [-0.25, -0.2) is 0 Å². The second-order valence-electron chi connectivity index (χ2n) is 2.66. The number of unbranched alkanes of at least 4 members (excludes halogenated alkanes) is 1. The molecular formula is C10H13IO. The van der Waals surface area contributed by atoms with E-state index in [4.69, 9.17) is 4.74 Å². The Morgan fingerprint density at radius 2 is 2.25 bits per heavy atom. The highest BCUT2D eigenvalue weighted by Crippen LogP contribution is 2.14. The summed E-state index contributed by atoms with van der Waals surface area (Å²) >= 11 is 2.29. The van der Waals surface area contributed by atoms with E-state index in [-0.39, 0.29) is 0 Å². The molecule has 0 bridgehead atoms. The monoisotopic (exact) mass is 276 g/mol. The predicted molar refractivity (Wildman–Crippen MR) is 59.6 cm³/mol. The minimum absolute atomic E-state index is 0.830. The Morgan fingerprint density at radius 1 is 1.42 bits per heavy atom. The summed E-state index contributed by atoms with van der Waals surface area (Å²) in [5.41, 5.74) is 0. The first-order valence-corrected chi connectivity index (χ1v) is 5.29. The Balaban J connectivity index is 2.41. The average molecular weight is 276 g/mol. The third kappa shape index (κ3) is 3.43. The number of ether oxygens (including phenoxy) is 1. The van der Waals surface area contributed by atoms with Crippen LogP contribution in [0.4, 0.5) is 0 Å². The van der Waals surface area contributed by atoms with Crippen LogP contribution in [-0.2, 0) is 0 Å². The third-order valence-corrected chi connectivity index (χ3v) is 2.23.